The second-order valence-electron chi connectivity index (χ2n) is 5.15. The number of benzene rings is 1. The molecular weight excluding hydrogens is 234 g/mol. The molecule has 19 heavy (non-hydrogen) atoms. The highest BCUT2D eigenvalue weighted by Crippen LogP contribution is 2.19. The lowest BCUT2D eigenvalue weighted by Crippen LogP contribution is -2.22. The summed E-state index contributed by atoms with van der Waals surface area (Å²) in [6, 6.07) is 9.29. The first-order valence-corrected chi connectivity index (χ1v) is 6.95. The van der Waals surface area contributed by atoms with Gasteiger partial charge in [-0.25, -0.2) is 0 Å². The Hall–Kier alpha value is -1.61. The van der Waals surface area contributed by atoms with Crippen LogP contribution in [0.25, 0.3) is 0 Å². The maximum Gasteiger partial charge on any atom is 0.0537 e. The molecule has 0 bridgehead atoms. The lowest BCUT2D eigenvalue weighted by atomic mass is 10.0. The van der Waals surface area contributed by atoms with Gasteiger partial charge in [0.1, 0.15) is 0 Å². The van der Waals surface area contributed by atoms with Crippen molar-refractivity contribution in [2.24, 2.45) is 0 Å². The topological polar surface area (TPSA) is 29.9 Å². The molecule has 0 aliphatic heterocycles. The van der Waals surface area contributed by atoms with Crippen molar-refractivity contribution < 1.29 is 0 Å². The Morgan fingerprint density at radius 2 is 1.95 bits per heavy atom. The third kappa shape index (κ3) is 3.44. The van der Waals surface area contributed by atoms with Crippen molar-refractivity contribution in [1.82, 2.24) is 15.1 Å². The number of hydrogen-bond donors (Lipinski definition) is 1. The molecule has 1 unspecified atom stereocenters. The van der Waals surface area contributed by atoms with Gasteiger partial charge in [0.25, 0.3) is 0 Å². The van der Waals surface area contributed by atoms with Gasteiger partial charge in [-0.05, 0) is 33.3 Å². The predicted octanol–water partition coefficient (Wildman–Crippen LogP) is 3.62. The van der Waals surface area contributed by atoms with Crippen LogP contribution in [-0.4, -0.2) is 9.78 Å². The van der Waals surface area contributed by atoms with Crippen LogP contribution in [0.5, 0.6) is 0 Å². The maximum atomic E-state index is 4.33. The van der Waals surface area contributed by atoms with Crippen LogP contribution < -0.4 is 5.32 Å². The molecule has 0 saturated heterocycles. The van der Waals surface area contributed by atoms with Gasteiger partial charge >= 0.3 is 0 Å². The molecule has 1 heterocycles. The van der Waals surface area contributed by atoms with Gasteiger partial charge < -0.3 is 5.32 Å². The largest absolute Gasteiger partial charge is 0.304 e. The van der Waals surface area contributed by atoms with Crippen LogP contribution in [0.15, 0.2) is 36.7 Å². The third-order valence-corrected chi connectivity index (χ3v) is 3.52. The molecule has 0 radical (unpaired) electrons. The molecule has 2 atom stereocenters. The Balaban J connectivity index is 2.03. The summed E-state index contributed by atoms with van der Waals surface area (Å²) >= 11 is 0. The molecule has 0 saturated carbocycles. The van der Waals surface area contributed by atoms with Crippen molar-refractivity contribution in [3.63, 3.8) is 0 Å². The van der Waals surface area contributed by atoms with Crippen LogP contribution >= 0.6 is 0 Å². The summed E-state index contributed by atoms with van der Waals surface area (Å²) in [7, 11) is 0. The van der Waals surface area contributed by atoms with E-state index in [0.29, 0.717) is 12.1 Å². The summed E-state index contributed by atoms with van der Waals surface area (Å²) in [5.41, 5.74) is 3.87. The van der Waals surface area contributed by atoms with E-state index in [4.69, 9.17) is 0 Å². The Bertz CT molecular complexity index is 530. The van der Waals surface area contributed by atoms with Gasteiger partial charge in [0.05, 0.1) is 6.20 Å². The van der Waals surface area contributed by atoms with Crippen molar-refractivity contribution in [3.05, 3.63) is 53.3 Å². The summed E-state index contributed by atoms with van der Waals surface area (Å²) in [4.78, 5) is 0. The molecule has 102 valence electrons. The van der Waals surface area contributed by atoms with E-state index in [2.05, 4.69) is 68.6 Å². The van der Waals surface area contributed by atoms with Crippen molar-refractivity contribution in [3.8, 4) is 0 Å². The van der Waals surface area contributed by atoms with Gasteiger partial charge in [-0.1, -0.05) is 29.8 Å². The summed E-state index contributed by atoms with van der Waals surface area (Å²) in [6.07, 6.45) is 4.06. The first kappa shape index (κ1) is 13.8. The van der Waals surface area contributed by atoms with Crippen molar-refractivity contribution in [1.29, 1.82) is 0 Å². The molecule has 3 heteroatoms. The van der Waals surface area contributed by atoms with Gasteiger partial charge in [0.2, 0.25) is 0 Å². The normalized spacial score (nSPS) is 14.3. The van der Waals surface area contributed by atoms with Crippen molar-refractivity contribution in [2.45, 2.75) is 46.3 Å². The first-order chi connectivity index (χ1) is 9.10. The van der Waals surface area contributed by atoms with Crippen molar-refractivity contribution >= 4 is 0 Å². The summed E-state index contributed by atoms with van der Waals surface area (Å²) in [6.45, 7) is 9.54. The summed E-state index contributed by atoms with van der Waals surface area (Å²) < 4.78 is 1.96. The molecule has 0 spiro atoms. The van der Waals surface area contributed by atoms with E-state index in [0.717, 1.165) is 6.54 Å². The number of nitrogens with zero attached hydrogens (tertiary/aromatic N) is 2. The Labute approximate surface area is 115 Å². The van der Waals surface area contributed by atoms with E-state index >= 15 is 0 Å². The minimum Gasteiger partial charge on any atom is -0.304 e. The number of rotatable bonds is 5. The van der Waals surface area contributed by atoms with Crippen LogP contribution in [0.2, 0.25) is 0 Å². The second-order valence-corrected chi connectivity index (χ2v) is 5.15. The third-order valence-electron chi connectivity index (χ3n) is 3.52. The monoisotopic (exact) mass is 257 g/mol. The quantitative estimate of drug-likeness (QED) is 0.886. The fourth-order valence-electron chi connectivity index (χ4n) is 2.28. The van der Waals surface area contributed by atoms with E-state index in [1.54, 1.807) is 0 Å². The number of nitrogens with one attached hydrogen (secondary N) is 1. The minimum atomic E-state index is 0.302. The summed E-state index contributed by atoms with van der Waals surface area (Å²) in [5.74, 6) is 0. The number of aryl methyl sites for hydroxylation is 2. The fourth-order valence-corrected chi connectivity index (χ4v) is 2.28. The van der Waals surface area contributed by atoms with E-state index < -0.39 is 0 Å². The summed E-state index contributed by atoms with van der Waals surface area (Å²) in [5, 5.41) is 7.95. The van der Waals surface area contributed by atoms with Gasteiger partial charge in [0, 0.05) is 30.4 Å². The number of aromatic nitrogens is 2. The van der Waals surface area contributed by atoms with E-state index in [1.165, 1.54) is 16.7 Å². The van der Waals surface area contributed by atoms with E-state index in [1.807, 2.05) is 10.9 Å². The standard InChI is InChI=1S/C16H23N3/c1-5-19-11-16(10-17-19)14(4)18-13(3)15-8-6-7-12(2)9-15/h6-11,13-14,18H,5H2,1-4H3/t13-,14?/m1/s1. The predicted molar refractivity (Wildman–Crippen MR) is 79.0 cm³/mol. The minimum absolute atomic E-state index is 0.302. The zero-order valence-corrected chi connectivity index (χ0v) is 12.2. The zero-order valence-electron chi connectivity index (χ0n) is 12.2. The highest BCUT2D eigenvalue weighted by molar-refractivity contribution is 5.25. The number of hydrogen-bond acceptors (Lipinski definition) is 2. The molecule has 0 fully saturated rings. The Morgan fingerprint density at radius 3 is 2.58 bits per heavy atom. The van der Waals surface area contributed by atoms with Crippen LogP contribution in [-0.2, 0) is 6.54 Å². The van der Waals surface area contributed by atoms with Crippen LogP contribution in [0.3, 0.4) is 0 Å². The Kier molecular flexibility index (Phi) is 4.38. The second kappa shape index (κ2) is 6.02. The molecule has 1 aromatic carbocycles. The van der Waals surface area contributed by atoms with Crippen LogP contribution in [0.4, 0.5) is 0 Å². The zero-order chi connectivity index (χ0) is 13.8. The van der Waals surface area contributed by atoms with Gasteiger partial charge in [-0.3, -0.25) is 4.68 Å². The van der Waals surface area contributed by atoms with E-state index in [-0.39, 0.29) is 0 Å². The lowest BCUT2D eigenvalue weighted by Gasteiger charge is -2.19. The first-order valence-electron chi connectivity index (χ1n) is 6.95. The van der Waals surface area contributed by atoms with Gasteiger partial charge in [0.15, 0.2) is 0 Å². The molecule has 0 aliphatic rings. The molecule has 1 N–H and O–H groups in total. The molecule has 2 aromatic rings. The highest BCUT2D eigenvalue weighted by atomic mass is 15.3. The molecule has 3 nitrogen and oxygen atoms in total. The Morgan fingerprint density at radius 1 is 1.21 bits per heavy atom. The lowest BCUT2D eigenvalue weighted by molar-refractivity contribution is 0.494. The van der Waals surface area contributed by atoms with Crippen molar-refractivity contribution in [2.75, 3.05) is 0 Å². The maximum absolute atomic E-state index is 4.33. The smallest absolute Gasteiger partial charge is 0.0537 e. The molecule has 0 amide bonds. The van der Waals surface area contributed by atoms with Gasteiger partial charge in [-0.2, -0.15) is 5.10 Å². The highest BCUT2D eigenvalue weighted by Gasteiger charge is 2.12. The fraction of sp³-hybridized carbons (Fsp3) is 0.438. The van der Waals surface area contributed by atoms with Gasteiger partial charge in [-0.15, -0.1) is 0 Å². The van der Waals surface area contributed by atoms with E-state index in [9.17, 15) is 0 Å². The average molecular weight is 257 g/mol. The molecule has 1 aromatic heterocycles. The van der Waals surface area contributed by atoms with Crippen LogP contribution in [0, 0.1) is 6.92 Å². The molecule has 0 aliphatic carbocycles. The SMILES string of the molecule is CCn1cc(C(C)N[C@H](C)c2cccc(C)c2)cn1. The molecule has 2 rings (SSSR count). The average Bonchev–Trinajstić information content (AvgIpc) is 2.87. The van der Waals surface area contributed by atoms with Crippen LogP contribution in [0.1, 0.15) is 49.5 Å². The molecular formula is C16H23N3.